The van der Waals surface area contributed by atoms with Crippen LogP contribution in [0.25, 0.3) is 10.8 Å². The summed E-state index contributed by atoms with van der Waals surface area (Å²) >= 11 is 0. The van der Waals surface area contributed by atoms with E-state index in [1.54, 1.807) is 19.0 Å². The number of carbonyl (C=O) groups is 2. The van der Waals surface area contributed by atoms with Crippen LogP contribution in [0.3, 0.4) is 0 Å². The fourth-order valence-corrected chi connectivity index (χ4v) is 3.60. The Balaban J connectivity index is 1.65. The third-order valence-corrected chi connectivity index (χ3v) is 5.19. The van der Waals surface area contributed by atoms with Crippen LogP contribution in [0, 0.1) is 5.92 Å². The summed E-state index contributed by atoms with van der Waals surface area (Å²) in [5.74, 6) is 0.102. The first-order valence-electron chi connectivity index (χ1n) is 9.20. The molecule has 2 aromatic rings. The molecule has 0 aromatic heterocycles. The lowest BCUT2D eigenvalue weighted by atomic mass is 9.95. The maximum atomic E-state index is 12.7. The highest BCUT2D eigenvalue weighted by atomic mass is 16.2. The van der Waals surface area contributed by atoms with E-state index in [0.717, 1.165) is 35.8 Å². The normalized spacial score (nSPS) is 19.1. The molecule has 0 spiro atoms. The number of carbonyl (C=O) groups excluding carboxylic acids is 2. The van der Waals surface area contributed by atoms with Crippen molar-refractivity contribution in [1.82, 2.24) is 9.80 Å². The van der Waals surface area contributed by atoms with Crippen molar-refractivity contribution in [3.8, 4) is 0 Å². The van der Waals surface area contributed by atoms with Gasteiger partial charge in [-0.2, -0.15) is 0 Å². The second kappa shape index (κ2) is 7.87. The highest BCUT2D eigenvalue weighted by Crippen LogP contribution is 2.22. The summed E-state index contributed by atoms with van der Waals surface area (Å²) in [6.45, 7) is 3.41. The van der Waals surface area contributed by atoms with Crippen molar-refractivity contribution in [1.29, 1.82) is 0 Å². The van der Waals surface area contributed by atoms with Crippen molar-refractivity contribution in [3.63, 3.8) is 0 Å². The first kappa shape index (κ1) is 18.4. The van der Waals surface area contributed by atoms with E-state index < -0.39 is 0 Å². The lowest BCUT2D eigenvalue weighted by Gasteiger charge is -2.36. The molecule has 1 N–H and O–H groups in total. The molecule has 1 fully saturated rings. The average molecular weight is 353 g/mol. The van der Waals surface area contributed by atoms with E-state index in [2.05, 4.69) is 16.3 Å². The smallest absolute Gasteiger partial charge is 0.241 e. The Morgan fingerprint density at radius 3 is 2.62 bits per heavy atom. The van der Waals surface area contributed by atoms with Crippen LogP contribution in [0.4, 0.5) is 5.69 Å². The van der Waals surface area contributed by atoms with Crippen LogP contribution in [0.2, 0.25) is 0 Å². The van der Waals surface area contributed by atoms with Gasteiger partial charge in [-0.1, -0.05) is 30.3 Å². The van der Waals surface area contributed by atoms with E-state index in [1.165, 1.54) is 0 Å². The Labute approximate surface area is 155 Å². The van der Waals surface area contributed by atoms with Crippen molar-refractivity contribution in [2.75, 3.05) is 32.5 Å². The zero-order chi connectivity index (χ0) is 18.7. The number of amides is 2. The lowest BCUT2D eigenvalue weighted by molar-refractivity contribution is -0.136. The van der Waals surface area contributed by atoms with Gasteiger partial charge in [-0.3, -0.25) is 14.5 Å². The Hall–Kier alpha value is -2.40. The van der Waals surface area contributed by atoms with Crippen LogP contribution in [-0.2, 0) is 9.59 Å². The number of hydrogen-bond acceptors (Lipinski definition) is 3. The second-order valence-electron chi connectivity index (χ2n) is 7.29. The molecule has 0 saturated carbocycles. The second-order valence-corrected chi connectivity index (χ2v) is 7.29. The molecule has 3 rings (SSSR count). The Morgan fingerprint density at radius 1 is 1.15 bits per heavy atom. The average Bonchev–Trinajstić information content (AvgIpc) is 2.66. The molecule has 26 heavy (non-hydrogen) atoms. The maximum absolute atomic E-state index is 12.7. The van der Waals surface area contributed by atoms with Gasteiger partial charge >= 0.3 is 0 Å². The molecule has 2 aromatic carbocycles. The number of nitrogens with zero attached hydrogens (tertiary/aromatic N) is 2. The quantitative estimate of drug-likeness (QED) is 0.919. The summed E-state index contributed by atoms with van der Waals surface area (Å²) in [6, 6.07) is 13.8. The molecule has 138 valence electrons. The van der Waals surface area contributed by atoms with Gasteiger partial charge in [0.05, 0.1) is 12.0 Å². The SMILES string of the molecule is C[C@@H](C(=O)Nc1ccc2ccccc2c1)N1CCC[C@@H](C(=O)N(C)C)C1. The fourth-order valence-electron chi connectivity index (χ4n) is 3.60. The number of nitrogens with one attached hydrogen (secondary N) is 1. The maximum Gasteiger partial charge on any atom is 0.241 e. The predicted octanol–water partition coefficient (Wildman–Crippen LogP) is 2.97. The summed E-state index contributed by atoms with van der Waals surface area (Å²) in [5, 5.41) is 5.28. The van der Waals surface area contributed by atoms with E-state index in [9.17, 15) is 9.59 Å². The van der Waals surface area contributed by atoms with E-state index >= 15 is 0 Å². The van der Waals surface area contributed by atoms with Crippen LogP contribution in [0.15, 0.2) is 42.5 Å². The molecule has 0 unspecified atom stereocenters. The summed E-state index contributed by atoms with van der Waals surface area (Å²) in [4.78, 5) is 28.7. The van der Waals surface area contributed by atoms with Crippen LogP contribution in [0.5, 0.6) is 0 Å². The topological polar surface area (TPSA) is 52.7 Å². The number of fused-ring (bicyclic) bond motifs is 1. The molecule has 2 atom stereocenters. The third kappa shape index (κ3) is 4.05. The predicted molar refractivity (Wildman–Crippen MR) is 105 cm³/mol. The molecule has 5 heteroatoms. The zero-order valence-corrected chi connectivity index (χ0v) is 15.7. The molecule has 1 saturated heterocycles. The van der Waals surface area contributed by atoms with Crippen LogP contribution >= 0.6 is 0 Å². The third-order valence-electron chi connectivity index (χ3n) is 5.19. The van der Waals surface area contributed by atoms with Crippen molar-refractivity contribution in [2.45, 2.75) is 25.8 Å². The molecule has 0 aliphatic carbocycles. The van der Waals surface area contributed by atoms with Gasteiger partial charge < -0.3 is 10.2 Å². The highest BCUT2D eigenvalue weighted by Gasteiger charge is 2.31. The van der Waals surface area contributed by atoms with Crippen LogP contribution < -0.4 is 5.32 Å². The van der Waals surface area contributed by atoms with Gasteiger partial charge in [-0.25, -0.2) is 0 Å². The minimum absolute atomic E-state index is 0.0188. The van der Waals surface area contributed by atoms with Crippen molar-refractivity contribution in [3.05, 3.63) is 42.5 Å². The molecular formula is C21H27N3O2. The van der Waals surface area contributed by atoms with Crippen molar-refractivity contribution >= 4 is 28.3 Å². The number of benzene rings is 2. The van der Waals surface area contributed by atoms with Gasteiger partial charge in [0, 0.05) is 26.3 Å². The largest absolute Gasteiger partial charge is 0.349 e. The first-order chi connectivity index (χ1) is 12.5. The van der Waals surface area contributed by atoms with Gasteiger partial charge in [0.1, 0.15) is 0 Å². The first-order valence-corrected chi connectivity index (χ1v) is 9.20. The minimum atomic E-state index is -0.265. The number of likely N-dealkylation sites (tertiary alicyclic amines) is 1. The monoisotopic (exact) mass is 353 g/mol. The van der Waals surface area contributed by atoms with E-state index in [-0.39, 0.29) is 23.8 Å². The number of hydrogen-bond donors (Lipinski definition) is 1. The van der Waals surface area contributed by atoms with Gasteiger partial charge in [0.15, 0.2) is 0 Å². The zero-order valence-electron chi connectivity index (χ0n) is 15.7. The molecule has 2 amide bonds. The molecule has 1 heterocycles. The fraction of sp³-hybridized carbons (Fsp3) is 0.429. The number of rotatable bonds is 4. The molecule has 1 aliphatic rings. The molecule has 1 aliphatic heterocycles. The summed E-state index contributed by atoms with van der Waals surface area (Å²) in [5.41, 5.74) is 0.804. The van der Waals surface area contributed by atoms with E-state index in [0.29, 0.717) is 6.54 Å². The molecular weight excluding hydrogens is 326 g/mol. The van der Waals surface area contributed by atoms with Crippen molar-refractivity contribution in [2.24, 2.45) is 5.92 Å². The summed E-state index contributed by atoms with van der Waals surface area (Å²) < 4.78 is 0. The molecule has 5 nitrogen and oxygen atoms in total. The lowest BCUT2D eigenvalue weighted by Crippen LogP contribution is -2.49. The Morgan fingerprint density at radius 2 is 1.88 bits per heavy atom. The van der Waals surface area contributed by atoms with Crippen molar-refractivity contribution < 1.29 is 9.59 Å². The van der Waals surface area contributed by atoms with Crippen LogP contribution in [0.1, 0.15) is 19.8 Å². The van der Waals surface area contributed by atoms with E-state index in [1.807, 2.05) is 43.3 Å². The number of anilines is 1. The summed E-state index contributed by atoms with van der Waals surface area (Å²) in [6.07, 6.45) is 1.84. The molecule has 0 bridgehead atoms. The van der Waals surface area contributed by atoms with Gasteiger partial charge in [0.25, 0.3) is 0 Å². The van der Waals surface area contributed by atoms with Crippen LogP contribution in [-0.4, -0.2) is 54.8 Å². The van der Waals surface area contributed by atoms with Gasteiger partial charge in [0.2, 0.25) is 11.8 Å². The van der Waals surface area contributed by atoms with Gasteiger partial charge in [-0.05, 0) is 49.2 Å². The highest BCUT2D eigenvalue weighted by molar-refractivity contribution is 5.97. The Kier molecular flexibility index (Phi) is 5.57. The van der Waals surface area contributed by atoms with Gasteiger partial charge in [-0.15, -0.1) is 0 Å². The Bertz CT molecular complexity index is 803. The minimum Gasteiger partial charge on any atom is -0.349 e. The summed E-state index contributed by atoms with van der Waals surface area (Å²) in [7, 11) is 3.58. The standard InChI is InChI=1S/C21H27N3O2/c1-15(24-12-6-9-18(14-24)21(26)23(2)3)20(25)22-19-11-10-16-7-4-5-8-17(16)13-19/h4-5,7-8,10-11,13,15,18H,6,9,12,14H2,1-3H3,(H,22,25)/t15-,18+/m0/s1. The van der Waals surface area contributed by atoms with E-state index in [4.69, 9.17) is 0 Å². The molecule has 0 radical (unpaired) electrons. The number of piperidine rings is 1.